The second-order valence-corrected chi connectivity index (χ2v) is 18.1. The van der Waals surface area contributed by atoms with Gasteiger partial charge in [-0.3, -0.25) is 14.4 Å². The predicted octanol–water partition coefficient (Wildman–Crippen LogP) is 13.3. The summed E-state index contributed by atoms with van der Waals surface area (Å²) in [5, 5.41) is 31.3. The number of allylic oxidation sites excluding steroid dienone is 16. The summed E-state index contributed by atoms with van der Waals surface area (Å²) in [5.74, 6) is -3.26. The van der Waals surface area contributed by atoms with Gasteiger partial charge in [0.2, 0.25) is 0 Å². The van der Waals surface area contributed by atoms with Gasteiger partial charge in [-0.05, 0) is 83.5 Å². The number of aliphatic hydroxyl groups excluding tert-OH is 2. The highest BCUT2D eigenvalue weighted by Crippen LogP contribution is 2.26. The Morgan fingerprint density at radius 2 is 0.944 bits per heavy atom. The number of carboxylic acid groups (broad SMARTS) is 1. The molecular formula is C59H94O12. The average Bonchev–Trinajstić information content (AvgIpc) is 3.35. The van der Waals surface area contributed by atoms with Gasteiger partial charge in [0.25, 0.3) is 0 Å². The zero-order valence-corrected chi connectivity index (χ0v) is 43.9. The third kappa shape index (κ3) is 37.1. The van der Waals surface area contributed by atoms with Crippen molar-refractivity contribution < 1.29 is 58.2 Å². The summed E-state index contributed by atoms with van der Waals surface area (Å²) in [6, 6.07) is 0. The van der Waals surface area contributed by atoms with Crippen LogP contribution >= 0.6 is 0 Å². The van der Waals surface area contributed by atoms with Crippen molar-refractivity contribution in [3.05, 3.63) is 97.2 Å². The summed E-state index contributed by atoms with van der Waals surface area (Å²) in [5.41, 5.74) is 0. The van der Waals surface area contributed by atoms with E-state index >= 15 is 0 Å². The Bertz CT molecular complexity index is 1610. The molecule has 71 heavy (non-hydrogen) atoms. The summed E-state index contributed by atoms with van der Waals surface area (Å²) in [6.45, 7) is 5.71. The van der Waals surface area contributed by atoms with Gasteiger partial charge in [0.15, 0.2) is 24.6 Å². The quantitative estimate of drug-likeness (QED) is 0.0228. The fourth-order valence-electron chi connectivity index (χ4n) is 7.49. The highest BCUT2D eigenvalue weighted by molar-refractivity contribution is 5.74. The van der Waals surface area contributed by atoms with Crippen LogP contribution in [0, 0.1) is 0 Å². The summed E-state index contributed by atoms with van der Waals surface area (Å²) >= 11 is 0. The Kier molecular flexibility index (Phi) is 42.5. The smallest absolute Gasteiger partial charge is 0.335 e. The van der Waals surface area contributed by atoms with Crippen LogP contribution in [0.2, 0.25) is 0 Å². The lowest BCUT2D eigenvalue weighted by molar-refractivity contribution is -0.301. The summed E-state index contributed by atoms with van der Waals surface area (Å²) in [4.78, 5) is 50.8. The lowest BCUT2D eigenvalue weighted by Gasteiger charge is -2.40. The minimum Gasteiger partial charge on any atom is -0.479 e. The maximum absolute atomic E-state index is 13.0. The first-order valence-electron chi connectivity index (χ1n) is 27.2. The van der Waals surface area contributed by atoms with Crippen LogP contribution < -0.4 is 0 Å². The Hall–Kier alpha value is -4.36. The topological polar surface area (TPSA) is 175 Å². The highest BCUT2D eigenvalue weighted by atomic mass is 16.7. The van der Waals surface area contributed by atoms with Crippen LogP contribution in [-0.2, 0) is 42.9 Å². The van der Waals surface area contributed by atoms with E-state index in [1.54, 1.807) is 0 Å². The van der Waals surface area contributed by atoms with E-state index in [-0.39, 0.29) is 25.9 Å². The van der Waals surface area contributed by atoms with Crippen molar-refractivity contribution in [1.82, 2.24) is 0 Å². The molecule has 0 bridgehead atoms. The third-order valence-corrected chi connectivity index (χ3v) is 11.6. The van der Waals surface area contributed by atoms with Gasteiger partial charge in [0, 0.05) is 19.3 Å². The number of rotatable bonds is 44. The molecule has 12 nitrogen and oxygen atoms in total. The maximum Gasteiger partial charge on any atom is 0.335 e. The molecule has 0 aromatic heterocycles. The number of aliphatic hydroxyl groups is 2. The predicted molar refractivity (Wildman–Crippen MR) is 284 cm³/mol. The van der Waals surface area contributed by atoms with Gasteiger partial charge in [0.05, 0.1) is 6.61 Å². The number of carbonyl (C=O) groups is 4. The molecule has 1 heterocycles. The molecule has 6 atom stereocenters. The zero-order chi connectivity index (χ0) is 51.8. The number of aliphatic carboxylic acids is 1. The van der Waals surface area contributed by atoms with Crippen molar-refractivity contribution in [3.8, 4) is 0 Å². The van der Waals surface area contributed by atoms with Gasteiger partial charge in [-0.2, -0.15) is 0 Å². The SMILES string of the molecule is CC/C=C\C/C=C\C/C=C\C/C=C\C/C=C\C/C=C\CCC(=O)OC1C(OCC(COC(=O)CCCCCCC/C=C\C/C=C\CCC)OC(=O)CCCCCCCCCCC)OC(C(=O)O)C(O)C1O. The van der Waals surface area contributed by atoms with Gasteiger partial charge >= 0.3 is 23.9 Å². The van der Waals surface area contributed by atoms with E-state index in [1.165, 1.54) is 32.1 Å². The van der Waals surface area contributed by atoms with Crippen LogP contribution in [0.4, 0.5) is 0 Å². The molecule has 0 aromatic carbocycles. The number of ether oxygens (including phenoxy) is 5. The van der Waals surface area contributed by atoms with Crippen LogP contribution in [0.15, 0.2) is 97.2 Å². The zero-order valence-electron chi connectivity index (χ0n) is 43.9. The van der Waals surface area contributed by atoms with Crippen LogP contribution in [0.25, 0.3) is 0 Å². The standard InChI is InChI=1S/C59H94O12/c1-4-7-10-13-16-19-21-23-24-25-26-27-28-30-32-35-38-41-44-47-53(62)70-57-55(64)54(63)56(58(65)66)71-59(57)68-49-50(69-52(61)46-43-40-37-33-18-15-12-9-6-3)48-67-51(60)45-42-39-36-34-31-29-22-20-17-14-11-8-5-2/h7,10-11,14,16,19-20,22-24,26-27,30,32,38,41,50,54-57,59,63-64H,4-6,8-9,12-13,15,17-18,21,25,28-29,31,33-37,39-40,42-49H2,1-3H3,(H,65,66)/b10-7-,14-11-,19-16-,22-20-,24-23-,27-26-,32-30-,41-38-. The van der Waals surface area contributed by atoms with Crippen LogP contribution in [0.1, 0.15) is 201 Å². The van der Waals surface area contributed by atoms with E-state index < -0.39 is 67.3 Å². The van der Waals surface area contributed by atoms with Crippen molar-refractivity contribution >= 4 is 23.9 Å². The third-order valence-electron chi connectivity index (χ3n) is 11.6. The van der Waals surface area contributed by atoms with Gasteiger partial charge in [-0.15, -0.1) is 0 Å². The van der Waals surface area contributed by atoms with Crippen molar-refractivity contribution in [1.29, 1.82) is 0 Å². The highest BCUT2D eigenvalue weighted by Gasteiger charge is 2.50. The molecule has 1 saturated heterocycles. The maximum atomic E-state index is 13.0. The first-order valence-corrected chi connectivity index (χ1v) is 27.2. The van der Waals surface area contributed by atoms with Crippen molar-refractivity contribution in [2.75, 3.05) is 13.2 Å². The van der Waals surface area contributed by atoms with Crippen LogP contribution in [0.5, 0.6) is 0 Å². The molecule has 0 spiro atoms. The Morgan fingerprint density at radius 3 is 1.46 bits per heavy atom. The lowest BCUT2D eigenvalue weighted by Crippen LogP contribution is -2.61. The largest absolute Gasteiger partial charge is 0.479 e. The van der Waals surface area contributed by atoms with Crippen molar-refractivity contribution in [2.24, 2.45) is 0 Å². The molecule has 3 N–H and O–H groups in total. The molecule has 0 aliphatic carbocycles. The minimum atomic E-state index is -1.93. The van der Waals surface area contributed by atoms with E-state index in [2.05, 4.69) is 99.8 Å². The van der Waals surface area contributed by atoms with Gasteiger partial charge < -0.3 is 39.0 Å². The number of hydrogen-bond donors (Lipinski definition) is 3. The molecule has 1 rings (SSSR count). The Balaban J connectivity index is 2.74. The molecule has 12 heteroatoms. The Morgan fingerprint density at radius 1 is 0.479 bits per heavy atom. The number of unbranched alkanes of at least 4 members (excludes halogenated alkanes) is 14. The lowest BCUT2D eigenvalue weighted by atomic mass is 9.98. The molecular weight excluding hydrogens is 901 g/mol. The van der Waals surface area contributed by atoms with E-state index in [9.17, 15) is 34.5 Å². The average molecular weight is 995 g/mol. The van der Waals surface area contributed by atoms with E-state index in [4.69, 9.17) is 23.7 Å². The molecule has 402 valence electrons. The van der Waals surface area contributed by atoms with E-state index in [0.717, 1.165) is 103 Å². The fourth-order valence-corrected chi connectivity index (χ4v) is 7.49. The molecule has 0 amide bonds. The van der Waals surface area contributed by atoms with Gasteiger partial charge in [-0.25, -0.2) is 4.79 Å². The summed E-state index contributed by atoms with van der Waals surface area (Å²) < 4.78 is 28.2. The normalized spacial score (nSPS) is 19.3. The Labute approximate surface area is 428 Å². The van der Waals surface area contributed by atoms with E-state index in [0.29, 0.717) is 25.7 Å². The first-order chi connectivity index (χ1) is 34.6. The number of esters is 3. The number of carboxylic acids is 1. The van der Waals surface area contributed by atoms with Crippen molar-refractivity contribution in [3.63, 3.8) is 0 Å². The molecule has 1 aliphatic heterocycles. The van der Waals surface area contributed by atoms with Gasteiger partial charge in [-0.1, -0.05) is 195 Å². The summed E-state index contributed by atoms with van der Waals surface area (Å²) in [7, 11) is 0. The van der Waals surface area contributed by atoms with Crippen LogP contribution in [-0.4, -0.2) is 89.2 Å². The molecule has 1 aliphatic rings. The molecule has 0 aromatic rings. The first kappa shape index (κ1) is 64.7. The summed E-state index contributed by atoms with van der Waals surface area (Å²) in [6.07, 6.45) is 48.4. The number of carbonyl (C=O) groups excluding carboxylic acids is 3. The second kappa shape index (κ2) is 46.7. The molecule has 0 saturated carbocycles. The fraction of sp³-hybridized carbons (Fsp3) is 0.661. The van der Waals surface area contributed by atoms with Gasteiger partial charge in [0.1, 0.15) is 18.8 Å². The monoisotopic (exact) mass is 995 g/mol. The minimum absolute atomic E-state index is 0.0692. The number of hydrogen-bond acceptors (Lipinski definition) is 11. The second-order valence-electron chi connectivity index (χ2n) is 18.1. The molecule has 1 fully saturated rings. The molecule has 6 unspecified atom stereocenters. The molecule has 0 radical (unpaired) electrons. The van der Waals surface area contributed by atoms with Crippen molar-refractivity contribution in [2.45, 2.75) is 237 Å². The van der Waals surface area contributed by atoms with E-state index in [1.807, 2.05) is 18.2 Å². The van der Waals surface area contributed by atoms with Crippen LogP contribution in [0.3, 0.4) is 0 Å².